The molecular formula is C60H37BN2O3S. The molecule has 12 aromatic rings. The van der Waals surface area contributed by atoms with Crippen molar-refractivity contribution in [1.82, 2.24) is 0 Å². The van der Waals surface area contributed by atoms with Crippen LogP contribution in [-0.4, -0.2) is 6.71 Å². The summed E-state index contributed by atoms with van der Waals surface area (Å²) < 4.78 is 20.1. The lowest BCUT2D eigenvalue weighted by molar-refractivity contribution is 0.486. The summed E-state index contributed by atoms with van der Waals surface area (Å²) >= 11 is 1.82. The maximum Gasteiger partial charge on any atom is 0.253 e. The Bertz CT molecular complexity index is 3660. The Labute approximate surface area is 391 Å². The van der Waals surface area contributed by atoms with Crippen molar-refractivity contribution in [2.24, 2.45) is 0 Å². The van der Waals surface area contributed by atoms with Gasteiger partial charge in [0.05, 0.1) is 0 Å². The van der Waals surface area contributed by atoms with Crippen molar-refractivity contribution in [2.45, 2.75) is 9.79 Å². The first-order valence-electron chi connectivity index (χ1n) is 22.6. The van der Waals surface area contributed by atoms with E-state index in [9.17, 15) is 0 Å². The summed E-state index contributed by atoms with van der Waals surface area (Å²) in [7, 11) is 0. The van der Waals surface area contributed by atoms with E-state index in [-0.39, 0.29) is 6.71 Å². The highest BCUT2D eigenvalue weighted by molar-refractivity contribution is 8.00. The summed E-state index contributed by atoms with van der Waals surface area (Å²) in [4.78, 5) is 7.02. The number of hydrogen-bond acceptors (Lipinski definition) is 6. The number of fused-ring (bicyclic) bond motifs is 11. The van der Waals surface area contributed by atoms with Crippen molar-refractivity contribution >= 4 is 113 Å². The molecule has 0 fully saturated rings. The van der Waals surface area contributed by atoms with E-state index < -0.39 is 0 Å². The van der Waals surface area contributed by atoms with Gasteiger partial charge in [0.25, 0.3) is 6.71 Å². The summed E-state index contributed by atoms with van der Waals surface area (Å²) in [5.41, 5.74) is 15.6. The summed E-state index contributed by atoms with van der Waals surface area (Å²) in [5, 5.41) is 4.31. The summed E-state index contributed by atoms with van der Waals surface area (Å²) in [6.45, 7) is -0.0454. The zero-order valence-electron chi connectivity index (χ0n) is 36.0. The SMILES string of the molecule is c1ccc(N(c2ccccc2)c2ccc3c(c2)Oc2cc(-c4ccc5c(c4)oc4ccc6oc7ccccc7c6c45)cc4c2B3c2ccc(N(c3ccccc3)c3ccccc3)cc2S4)cc1. The fourth-order valence-electron chi connectivity index (χ4n) is 10.4. The van der Waals surface area contributed by atoms with Crippen molar-refractivity contribution in [2.75, 3.05) is 9.80 Å². The minimum atomic E-state index is -0.0454. The van der Waals surface area contributed by atoms with Crippen molar-refractivity contribution in [3.63, 3.8) is 0 Å². The van der Waals surface area contributed by atoms with Crippen LogP contribution in [0.15, 0.2) is 243 Å². The van der Waals surface area contributed by atoms with E-state index in [4.69, 9.17) is 13.6 Å². The minimum Gasteiger partial charge on any atom is -0.458 e. The third kappa shape index (κ3) is 6.12. The molecule has 0 N–H and O–H groups in total. The molecule has 0 aliphatic carbocycles. The molecule has 0 spiro atoms. The molecule has 0 bridgehead atoms. The average Bonchev–Trinajstić information content (AvgIpc) is 3.95. The Balaban J connectivity index is 0.945. The van der Waals surface area contributed by atoms with Crippen molar-refractivity contribution in [3.05, 3.63) is 224 Å². The van der Waals surface area contributed by atoms with E-state index in [2.05, 4.69) is 210 Å². The van der Waals surface area contributed by atoms with Crippen molar-refractivity contribution in [3.8, 4) is 22.6 Å². The number of benzene rings is 10. The van der Waals surface area contributed by atoms with Crippen LogP contribution in [0.25, 0.3) is 55.0 Å². The molecule has 5 nitrogen and oxygen atoms in total. The molecule has 314 valence electrons. The Morgan fingerprint density at radius 1 is 0.343 bits per heavy atom. The largest absolute Gasteiger partial charge is 0.458 e. The molecule has 2 aromatic heterocycles. The van der Waals surface area contributed by atoms with Crippen LogP contribution in [0.3, 0.4) is 0 Å². The number of ether oxygens (including phenoxy) is 1. The highest BCUT2D eigenvalue weighted by atomic mass is 32.2. The Hall–Kier alpha value is -8.39. The molecule has 4 heterocycles. The van der Waals surface area contributed by atoms with Gasteiger partial charge >= 0.3 is 0 Å². The third-order valence-electron chi connectivity index (χ3n) is 13.3. The molecule has 2 aliphatic heterocycles. The van der Waals surface area contributed by atoms with Gasteiger partial charge in [-0.3, -0.25) is 0 Å². The van der Waals surface area contributed by atoms with Gasteiger partial charge < -0.3 is 23.4 Å². The minimum absolute atomic E-state index is 0.0454. The van der Waals surface area contributed by atoms with Crippen LogP contribution in [0.2, 0.25) is 0 Å². The van der Waals surface area contributed by atoms with E-state index in [1.165, 1.54) is 20.7 Å². The van der Waals surface area contributed by atoms with Gasteiger partial charge in [0.15, 0.2) is 0 Å². The number of para-hydroxylation sites is 5. The highest BCUT2D eigenvalue weighted by Crippen LogP contribution is 2.46. The Morgan fingerprint density at radius 2 is 0.881 bits per heavy atom. The monoisotopic (exact) mass is 876 g/mol. The van der Waals surface area contributed by atoms with Crippen LogP contribution in [0.4, 0.5) is 34.1 Å². The first-order chi connectivity index (χ1) is 33.2. The van der Waals surface area contributed by atoms with Gasteiger partial charge in [-0.15, -0.1) is 0 Å². The maximum absolute atomic E-state index is 7.18. The molecule has 2 aliphatic rings. The normalized spacial score (nSPS) is 12.5. The Morgan fingerprint density at radius 3 is 1.51 bits per heavy atom. The summed E-state index contributed by atoms with van der Waals surface area (Å²) in [5.74, 6) is 1.71. The molecule has 0 amide bonds. The molecule has 67 heavy (non-hydrogen) atoms. The highest BCUT2D eigenvalue weighted by Gasteiger charge is 2.40. The maximum atomic E-state index is 7.18. The predicted molar refractivity (Wildman–Crippen MR) is 278 cm³/mol. The second-order valence-electron chi connectivity index (χ2n) is 17.2. The lowest BCUT2D eigenvalue weighted by atomic mass is 9.35. The van der Waals surface area contributed by atoms with E-state index >= 15 is 0 Å². The van der Waals surface area contributed by atoms with Gasteiger partial charge in [0.1, 0.15) is 33.8 Å². The van der Waals surface area contributed by atoms with Crippen LogP contribution in [0.5, 0.6) is 11.5 Å². The fraction of sp³-hybridized carbons (Fsp3) is 0. The number of nitrogens with zero attached hydrogens (tertiary/aromatic N) is 2. The molecule has 0 saturated heterocycles. The second kappa shape index (κ2) is 15.1. The second-order valence-corrected chi connectivity index (χ2v) is 18.3. The first kappa shape index (κ1) is 37.9. The quantitative estimate of drug-likeness (QED) is 0.149. The van der Waals surface area contributed by atoms with Gasteiger partial charge in [-0.05, 0) is 131 Å². The van der Waals surface area contributed by atoms with Crippen LogP contribution in [-0.2, 0) is 0 Å². The standard InChI is InChI=1S/C60H37BN2O3S/c1-5-15-40(16-6-1)62(41-17-7-2-8-18-41)44-26-29-48-54(36-44)66-55-34-39(38-25-28-47-53(33-38)65-52-32-31-51-58(59(47)52)46-23-13-14-24-50(46)64-51)35-57-60(55)61(48)49-30-27-45(37-56(49)67-57)63(42-19-9-3-10-20-42)43-21-11-4-12-22-43/h1-37H. The molecule has 0 radical (unpaired) electrons. The smallest absolute Gasteiger partial charge is 0.253 e. The van der Waals surface area contributed by atoms with Crippen molar-refractivity contribution < 1.29 is 13.6 Å². The average molecular weight is 877 g/mol. The third-order valence-corrected chi connectivity index (χ3v) is 14.5. The van der Waals surface area contributed by atoms with E-state index in [1.807, 2.05) is 36.0 Å². The number of furan rings is 2. The molecule has 14 rings (SSSR count). The van der Waals surface area contributed by atoms with Gasteiger partial charge in [0, 0.05) is 71.5 Å². The molecule has 0 unspecified atom stereocenters. The van der Waals surface area contributed by atoms with Gasteiger partial charge in [-0.1, -0.05) is 126 Å². The van der Waals surface area contributed by atoms with Crippen LogP contribution in [0.1, 0.15) is 0 Å². The zero-order chi connectivity index (χ0) is 44.0. The van der Waals surface area contributed by atoms with E-state index in [1.54, 1.807) is 0 Å². The first-order valence-corrected chi connectivity index (χ1v) is 23.4. The molecule has 10 aromatic carbocycles. The predicted octanol–water partition coefficient (Wildman–Crippen LogP) is 15.2. The van der Waals surface area contributed by atoms with E-state index in [0.29, 0.717) is 0 Å². The van der Waals surface area contributed by atoms with Gasteiger partial charge in [0.2, 0.25) is 0 Å². The molecular weight excluding hydrogens is 840 g/mol. The zero-order valence-corrected chi connectivity index (χ0v) is 36.8. The summed E-state index contributed by atoms with van der Waals surface area (Å²) in [6, 6.07) is 79.5. The number of anilines is 6. The lowest BCUT2D eigenvalue weighted by Crippen LogP contribution is -2.57. The molecule has 0 saturated carbocycles. The van der Waals surface area contributed by atoms with Crippen LogP contribution < -0.4 is 30.9 Å². The number of rotatable bonds is 7. The van der Waals surface area contributed by atoms with Crippen LogP contribution in [0, 0.1) is 0 Å². The molecule has 0 atom stereocenters. The number of hydrogen-bond donors (Lipinski definition) is 0. The van der Waals surface area contributed by atoms with Crippen molar-refractivity contribution in [1.29, 1.82) is 0 Å². The fourth-order valence-corrected chi connectivity index (χ4v) is 11.6. The van der Waals surface area contributed by atoms with E-state index in [0.717, 1.165) is 106 Å². The Kier molecular flexibility index (Phi) is 8.55. The molecule has 7 heteroatoms. The van der Waals surface area contributed by atoms with Gasteiger partial charge in [-0.25, -0.2) is 0 Å². The summed E-state index contributed by atoms with van der Waals surface area (Å²) in [6.07, 6.45) is 0. The van der Waals surface area contributed by atoms with Gasteiger partial charge in [-0.2, -0.15) is 0 Å². The van der Waals surface area contributed by atoms with Crippen LogP contribution >= 0.6 is 11.8 Å². The topological polar surface area (TPSA) is 42.0 Å². The lowest BCUT2D eigenvalue weighted by Gasteiger charge is -2.35.